The van der Waals surface area contributed by atoms with Gasteiger partial charge in [0.1, 0.15) is 11.3 Å². The van der Waals surface area contributed by atoms with E-state index in [-0.39, 0.29) is 10.8 Å². The third-order valence-corrected chi connectivity index (χ3v) is 7.91. The molecule has 1 aromatic heterocycles. The van der Waals surface area contributed by atoms with E-state index in [4.69, 9.17) is 9.26 Å². The number of carbonyl (C=O) groups excluding carboxylic acids is 1. The Balaban J connectivity index is 1.71. The van der Waals surface area contributed by atoms with Crippen LogP contribution >= 0.6 is 0 Å². The Kier molecular flexibility index (Phi) is 6.82. The molecule has 1 aromatic carbocycles. The largest absolute Gasteiger partial charge is 0.378 e. The van der Waals surface area contributed by atoms with Gasteiger partial charge in [-0.25, -0.2) is 8.42 Å². The van der Waals surface area contributed by atoms with E-state index in [2.05, 4.69) is 15.4 Å². The molecule has 3 heterocycles. The van der Waals surface area contributed by atoms with Gasteiger partial charge in [-0.15, -0.1) is 0 Å². The van der Waals surface area contributed by atoms with Gasteiger partial charge >= 0.3 is 0 Å². The molecule has 2 aliphatic rings. The molecule has 1 N–H and O–H groups in total. The van der Waals surface area contributed by atoms with Gasteiger partial charge in [0.05, 0.1) is 35.2 Å². The maximum absolute atomic E-state index is 13.3. The van der Waals surface area contributed by atoms with Crippen molar-refractivity contribution < 1.29 is 22.5 Å². The molecule has 2 aliphatic heterocycles. The summed E-state index contributed by atoms with van der Waals surface area (Å²) in [4.78, 5) is 15.4. The third-order valence-electron chi connectivity index (χ3n) is 6.02. The zero-order valence-electron chi connectivity index (χ0n) is 18.6. The topological polar surface area (TPSA) is 105 Å². The number of nitrogens with one attached hydrogen (secondary N) is 1. The lowest BCUT2D eigenvalue weighted by Crippen LogP contribution is -2.37. The van der Waals surface area contributed by atoms with Crippen molar-refractivity contribution in [2.75, 3.05) is 49.6 Å². The van der Waals surface area contributed by atoms with Crippen molar-refractivity contribution in [1.82, 2.24) is 9.46 Å². The van der Waals surface area contributed by atoms with Crippen LogP contribution in [0.2, 0.25) is 0 Å². The Bertz CT molecular complexity index is 1070. The summed E-state index contributed by atoms with van der Waals surface area (Å²) >= 11 is 0. The quantitative estimate of drug-likeness (QED) is 0.704. The molecule has 4 rings (SSSR count). The number of rotatable bonds is 6. The Morgan fingerprint density at radius 3 is 2.53 bits per heavy atom. The molecule has 2 saturated heterocycles. The minimum atomic E-state index is -3.63. The molecule has 9 nitrogen and oxygen atoms in total. The number of benzene rings is 1. The first-order valence-corrected chi connectivity index (χ1v) is 12.6. The van der Waals surface area contributed by atoms with Crippen LogP contribution < -0.4 is 10.2 Å². The van der Waals surface area contributed by atoms with Gasteiger partial charge in [-0.3, -0.25) is 4.79 Å². The van der Waals surface area contributed by atoms with Crippen LogP contribution in [0.1, 0.15) is 48.0 Å². The Morgan fingerprint density at radius 1 is 1.12 bits per heavy atom. The number of anilines is 2. The van der Waals surface area contributed by atoms with Crippen LogP contribution in [0.5, 0.6) is 0 Å². The van der Waals surface area contributed by atoms with Gasteiger partial charge in [-0.05, 0) is 44.4 Å². The summed E-state index contributed by atoms with van der Waals surface area (Å²) in [5, 5.41) is 6.90. The molecule has 0 saturated carbocycles. The van der Waals surface area contributed by atoms with Crippen LogP contribution in [0.3, 0.4) is 0 Å². The van der Waals surface area contributed by atoms with Gasteiger partial charge in [0.25, 0.3) is 5.91 Å². The van der Waals surface area contributed by atoms with Crippen molar-refractivity contribution in [2.45, 2.75) is 44.4 Å². The van der Waals surface area contributed by atoms with E-state index < -0.39 is 10.0 Å². The second-order valence-electron chi connectivity index (χ2n) is 8.11. The van der Waals surface area contributed by atoms with Crippen LogP contribution in [-0.2, 0) is 21.2 Å². The number of piperidine rings is 1. The molecule has 32 heavy (non-hydrogen) atoms. The normalized spacial score (nSPS) is 18.0. The van der Waals surface area contributed by atoms with Crippen LogP contribution in [0.15, 0.2) is 27.6 Å². The number of hydrogen-bond donors (Lipinski definition) is 1. The van der Waals surface area contributed by atoms with E-state index in [0.717, 1.165) is 24.9 Å². The lowest BCUT2D eigenvalue weighted by Gasteiger charge is -2.31. The van der Waals surface area contributed by atoms with Gasteiger partial charge in [0, 0.05) is 26.2 Å². The highest BCUT2D eigenvalue weighted by Crippen LogP contribution is 2.32. The van der Waals surface area contributed by atoms with E-state index in [0.29, 0.717) is 68.5 Å². The summed E-state index contributed by atoms with van der Waals surface area (Å²) in [5.41, 5.74) is 2.19. The van der Waals surface area contributed by atoms with E-state index in [9.17, 15) is 13.2 Å². The summed E-state index contributed by atoms with van der Waals surface area (Å²) in [5.74, 6) is 0.0759. The average Bonchev–Trinajstić information content (AvgIpc) is 3.20. The van der Waals surface area contributed by atoms with Gasteiger partial charge in [-0.2, -0.15) is 4.31 Å². The minimum absolute atomic E-state index is 0.185. The number of ether oxygens (including phenoxy) is 1. The summed E-state index contributed by atoms with van der Waals surface area (Å²) in [6.45, 7) is 7.11. The maximum Gasteiger partial charge on any atom is 0.261 e. The van der Waals surface area contributed by atoms with Crippen LogP contribution in [0.25, 0.3) is 0 Å². The van der Waals surface area contributed by atoms with Gasteiger partial charge in [0.2, 0.25) is 10.0 Å². The number of aromatic nitrogens is 1. The Labute approximate surface area is 188 Å². The molecule has 0 spiro atoms. The van der Waals surface area contributed by atoms with Gasteiger partial charge in [-0.1, -0.05) is 18.5 Å². The Hall–Kier alpha value is -2.43. The molecule has 0 aliphatic carbocycles. The fraction of sp³-hybridized carbons (Fsp3) is 0.545. The summed E-state index contributed by atoms with van der Waals surface area (Å²) in [6.07, 6.45) is 3.32. The molecule has 2 aromatic rings. The molecule has 10 heteroatoms. The Morgan fingerprint density at radius 2 is 1.84 bits per heavy atom. The second kappa shape index (κ2) is 9.60. The highest BCUT2D eigenvalue weighted by atomic mass is 32.2. The molecule has 0 radical (unpaired) electrons. The SMILES string of the molecule is CCc1noc(C)c1C(=O)Nc1cc(S(=O)(=O)N2CCCCC2)ccc1N1CCOCC1. The number of carbonyl (C=O) groups is 1. The van der Waals surface area contributed by atoms with Crippen LogP contribution in [0, 0.1) is 6.92 Å². The van der Waals surface area contributed by atoms with E-state index in [1.807, 2.05) is 6.92 Å². The number of morpholine rings is 1. The molecule has 0 atom stereocenters. The van der Waals surface area contributed by atoms with E-state index in [1.165, 1.54) is 4.31 Å². The maximum atomic E-state index is 13.3. The number of nitrogens with zero attached hydrogens (tertiary/aromatic N) is 3. The first-order chi connectivity index (χ1) is 15.4. The summed E-state index contributed by atoms with van der Waals surface area (Å²) in [7, 11) is -3.63. The highest BCUT2D eigenvalue weighted by Gasteiger charge is 2.28. The van der Waals surface area contributed by atoms with Crippen molar-refractivity contribution >= 4 is 27.3 Å². The monoisotopic (exact) mass is 462 g/mol. The lowest BCUT2D eigenvalue weighted by atomic mass is 10.1. The van der Waals surface area contributed by atoms with Crippen molar-refractivity contribution in [3.8, 4) is 0 Å². The molecule has 0 unspecified atom stereocenters. The minimum Gasteiger partial charge on any atom is -0.378 e. The van der Waals surface area contributed by atoms with Crippen molar-refractivity contribution in [2.24, 2.45) is 0 Å². The average molecular weight is 463 g/mol. The first-order valence-electron chi connectivity index (χ1n) is 11.1. The molecular formula is C22H30N4O5S. The number of amides is 1. The molecule has 174 valence electrons. The fourth-order valence-corrected chi connectivity index (χ4v) is 5.79. The third kappa shape index (κ3) is 4.53. The van der Waals surface area contributed by atoms with Crippen molar-refractivity contribution in [3.63, 3.8) is 0 Å². The molecule has 1 amide bonds. The van der Waals surface area contributed by atoms with Crippen molar-refractivity contribution in [3.05, 3.63) is 35.2 Å². The second-order valence-corrected chi connectivity index (χ2v) is 10.0. The first kappa shape index (κ1) is 22.8. The predicted octanol–water partition coefficient (Wildman–Crippen LogP) is 2.81. The molecular weight excluding hydrogens is 432 g/mol. The van der Waals surface area contributed by atoms with Crippen LogP contribution in [-0.4, -0.2) is 63.2 Å². The van der Waals surface area contributed by atoms with Gasteiger partial charge < -0.3 is 19.5 Å². The standard InChI is InChI=1S/C22H30N4O5S/c1-3-18-21(16(2)31-24-18)22(27)23-19-15-17(32(28,29)26-9-5-4-6-10-26)7-8-20(19)25-11-13-30-14-12-25/h7-8,15H,3-6,9-14H2,1-2H3,(H,23,27). The summed E-state index contributed by atoms with van der Waals surface area (Å²) in [6, 6.07) is 4.98. The van der Waals surface area contributed by atoms with E-state index >= 15 is 0 Å². The number of aryl methyl sites for hydroxylation is 2. The zero-order valence-corrected chi connectivity index (χ0v) is 19.4. The smallest absolute Gasteiger partial charge is 0.261 e. The summed E-state index contributed by atoms with van der Waals surface area (Å²) < 4.78 is 38.7. The van der Waals surface area contributed by atoms with Crippen molar-refractivity contribution in [1.29, 1.82) is 0 Å². The predicted molar refractivity (Wildman–Crippen MR) is 121 cm³/mol. The fourth-order valence-electron chi connectivity index (χ4n) is 4.25. The highest BCUT2D eigenvalue weighted by molar-refractivity contribution is 7.89. The van der Waals surface area contributed by atoms with Gasteiger partial charge in [0.15, 0.2) is 0 Å². The molecule has 0 bridgehead atoms. The molecule has 2 fully saturated rings. The number of sulfonamides is 1. The lowest BCUT2D eigenvalue weighted by molar-refractivity contribution is 0.102. The zero-order chi connectivity index (χ0) is 22.7. The van der Waals surface area contributed by atoms with Crippen LogP contribution in [0.4, 0.5) is 11.4 Å². The van der Waals surface area contributed by atoms with E-state index in [1.54, 1.807) is 25.1 Å². The number of hydrogen-bond acceptors (Lipinski definition) is 7.